The van der Waals surface area contributed by atoms with Gasteiger partial charge in [0.25, 0.3) is 0 Å². The highest BCUT2D eigenvalue weighted by Gasteiger charge is 2.22. The summed E-state index contributed by atoms with van der Waals surface area (Å²) >= 11 is 0. The number of rotatable bonds is 6. The molecule has 120 valence electrons. The second kappa shape index (κ2) is 8.21. The molecule has 3 N–H and O–H groups in total. The summed E-state index contributed by atoms with van der Waals surface area (Å²) in [6.07, 6.45) is 0. The van der Waals surface area contributed by atoms with Crippen LogP contribution in [-0.2, 0) is 14.8 Å². The molecule has 0 spiro atoms. The van der Waals surface area contributed by atoms with E-state index in [1.54, 1.807) is 32.0 Å². The van der Waals surface area contributed by atoms with Gasteiger partial charge in [0.1, 0.15) is 5.75 Å². The summed E-state index contributed by atoms with van der Waals surface area (Å²) in [7, 11) is -3.57. The number of nitrogen functional groups attached to an aromatic ring is 1. The Hall–Kier alpha value is -1.31. The van der Waals surface area contributed by atoms with Crippen LogP contribution < -0.4 is 11.1 Å². The predicted molar refractivity (Wildman–Crippen MR) is 88.2 cm³/mol. The van der Waals surface area contributed by atoms with Gasteiger partial charge in [0.2, 0.25) is 15.9 Å². The monoisotopic (exact) mass is 335 g/mol. The van der Waals surface area contributed by atoms with Crippen LogP contribution in [0.15, 0.2) is 18.2 Å². The van der Waals surface area contributed by atoms with E-state index in [4.69, 9.17) is 5.73 Å². The van der Waals surface area contributed by atoms with Crippen molar-refractivity contribution in [1.29, 1.82) is 0 Å². The molecular weight excluding hydrogens is 314 g/mol. The summed E-state index contributed by atoms with van der Waals surface area (Å²) in [5, 5.41) is 2.59. The second-order valence-corrected chi connectivity index (χ2v) is 6.43. The molecule has 8 heteroatoms. The first kappa shape index (κ1) is 19.7. The topological polar surface area (TPSA) is 92.5 Å². The molecule has 0 fully saturated rings. The van der Waals surface area contributed by atoms with E-state index in [0.717, 1.165) is 5.56 Å². The van der Waals surface area contributed by atoms with E-state index in [1.807, 2.05) is 6.92 Å². The summed E-state index contributed by atoms with van der Waals surface area (Å²) in [6.45, 7) is 5.99. The quantitative estimate of drug-likeness (QED) is 0.772. The van der Waals surface area contributed by atoms with Gasteiger partial charge < -0.3 is 11.1 Å². The maximum Gasteiger partial charge on any atom is 0.241 e. The normalized spacial score (nSPS) is 11.0. The first-order valence-electron chi connectivity index (χ1n) is 6.44. The first-order valence-corrected chi connectivity index (χ1v) is 8.04. The van der Waals surface area contributed by atoms with Gasteiger partial charge in [-0.3, -0.25) is 4.79 Å². The molecule has 0 saturated carbocycles. The van der Waals surface area contributed by atoms with E-state index < -0.39 is 21.7 Å². The lowest BCUT2D eigenvalue weighted by molar-refractivity contribution is -0.113. The van der Waals surface area contributed by atoms with Crippen molar-refractivity contribution in [3.05, 3.63) is 23.8 Å². The third-order valence-electron chi connectivity index (χ3n) is 2.95. The van der Waals surface area contributed by atoms with E-state index in [1.165, 1.54) is 4.31 Å². The van der Waals surface area contributed by atoms with Crippen molar-refractivity contribution in [2.75, 3.05) is 29.9 Å². The summed E-state index contributed by atoms with van der Waals surface area (Å²) in [4.78, 5) is 11.9. The summed E-state index contributed by atoms with van der Waals surface area (Å²) < 4.78 is 25.2. The van der Waals surface area contributed by atoms with Crippen LogP contribution in [0.5, 0.6) is 0 Å². The van der Waals surface area contributed by atoms with Gasteiger partial charge >= 0.3 is 0 Å². The number of sulfonamides is 1. The number of amides is 1. The second-order valence-electron chi connectivity index (χ2n) is 4.46. The zero-order valence-corrected chi connectivity index (χ0v) is 14.1. The Morgan fingerprint density at radius 1 is 1.29 bits per heavy atom. The van der Waals surface area contributed by atoms with Crippen LogP contribution in [0.3, 0.4) is 0 Å². The van der Waals surface area contributed by atoms with Crippen molar-refractivity contribution < 1.29 is 13.2 Å². The van der Waals surface area contributed by atoms with Gasteiger partial charge in [-0.25, -0.2) is 12.7 Å². The molecule has 1 aromatic rings. The number of nitrogens with zero attached hydrogens (tertiary/aromatic N) is 1. The van der Waals surface area contributed by atoms with Gasteiger partial charge in [0.05, 0.1) is 0 Å². The molecule has 0 bridgehead atoms. The Labute approximate surface area is 132 Å². The van der Waals surface area contributed by atoms with Crippen molar-refractivity contribution in [3.8, 4) is 0 Å². The highest BCUT2D eigenvalue weighted by Crippen LogP contribution is 2.18. The Kier molecular flexibility index (Phi) is 7.70. The number of halogens is 1. The molecule has 0 saturated heterocycles. The number of aryl methyl sites for hydroxylation is 1. The number of nitrogens with two attached hydrogens (primary N) is 1. The first-order chi connectivity index (χ1) is 9.30. The van der Waals surface area contributed by atoms with E-state index in [9.17, 15) is 13.2 Å². The number of carbonyl (C=O) groups excluding carboxylic acids is 1. The fourth-order valence-corrected chi connectivity index (χ4v) is 3.21. The number of hydrogen-bond donors (Lipinski definition) is 2. The Balaban J connectivity index is 0.00000400. The zero-order valence-electron chi connectivity index (χ0n) is 12.4. The van der Waals surface area contributed by atoms with Crippen LogP contribution in [0.4, 0.5) is 11.4 Å². The van der Waals surface area contributed by atoms with Gasteiger partial charge in [-0.15, -0.1) is 12.4 Å². The summed E-state index contributed by atoms with van der Waals surface area (Å²) in [6, 6.07) is 5.10. The van der Waals surface area contributed by atoms with Crippen molar-refractivity contribution in [2.24, 2.45) is 0 Å². The third kappa shape index (κ3) is 5.53. The lowest BCUT2D eigenvalue weighted by atomic mass is 10.2. The van der Waals surface area contributed by atoms with Gasteiger partial charge in [-0.1, -0.05) is 19.9 Å². The van der Waals surface area contributed by atoms with Gasteiger partial charge in [-0.05, 0) is 24.6 Å². The maximum atomic E-state index is 12.0. The van der Waals surface area contributed by atoms with Gasteiger partial charge in [-0.2, -0.15) is 0 Å². The Bertz CT molecular complexity index is 586. The fraction of sp³-hybridized carbons (Fsp3) is 0.462. The molecule has 0 aliphatic rings. The van der Waals surface area contributed by atoms with Gasteiger partial charge in [0, 0.05) is 24.5 Å². The molecule has 0 aromatic heterocycles. The van der Waals surface area contributed by atoms with E-state index in [2.05, 4.69) is 5.32 Å². The molecule has 0 atom stereocenters. The molecule has 21 heavy (non-hydrogen) atoms. The number of hydrogen-bond acceptors (Lipinski definition) is 4. The lowest BCUT2D eigenvalue weighted by Crippen LogP contribution is -2.37. The van der Waals surface area contributed by atoms with Crippen LogP contribution in [0.1, 0.15) is 19.4 Å². The summed E-state index contributed by atoms with van der Waals surface area (Å²) in [5.41, 5.74) is 7.51. The van der Waals surface area contributed by atoms with Crippen molar-refractivity contribution in [2.45, 2.75) is 20.8 Å². The number of benzene rings is 1. The van der Waals surface area contributed by atoms with Gasteiger partial charge in [0.15, 0.2) is 0 Å². The average Bonchev–Trinajstić information content (AvgIpc) is 2.34. The predicted octanol–water partition coefficient (Wildman–Crippen LogP) is 1.61. The minimum Gasteiger partial charge on any atom is -0.399 e. The highest BCUT2D eigenvalue weighted by molar-refractivity contribution is 7.89. The van der Waals surface area contributed by atoms with Crippen LogP contribution in [0, 0.1) is 6.92 Å². The van der Waals surface area contributed by atoms with Crippen LogP contribution in [-0.4, -0.2) is 37.5 Å². The molecule has 1 rings (SSSR count). The van der Waals surface area contributed by atoms with Crippen LogP contribution in [0.25, 0.3) is 0 Å². The molecule has 0 radical (unpaired) electrons. The fourth-order valence-electron chi connectivity index (χ4n) is 1.83. The Morgan fingerprint density at radius 3 is 2.38 bits per heavy atom. The molecule has 0 heterocycles. The van der Waals surface area contributed by atoms with Crippen molar-refractivity contribution >= 4 is 39.7 Å². The van der Waals surface area contributed by atoms with Crippen molar-refractivity contribution in [3.63, 3.8) is 0 Å². The third-order valence-corrected chi connectivity index (χ3v) is 4.88. The molecular formula is C13H22ClN3O3S. The van der Waals surface area contributed by atoms with E-state index >= 15 is 0 Å². The average molecular weight is 336 g/mol. The standard InChI is InChI=1S/C13H21N3O3S.ClH/c1-4-16(5-2)20(18,19)9-13(17)15-12-8-11(14)7-6-10(12)3;/h6-8H,4-5,9,14H2,1-3H3,(H,15,17);1H. The molecule has 0 aliphatic carbocycles. The minimum absolute atomic E-state index is 0. The minimum atomic E-state index is -3.57. The highest BCUT2D eigenvalue weighted by atomic mass is 35.5. The maximum absolute atomic E-state index is 12.0. The number of carbonyl (C=O) groups is 1. The van der Waals surface area contributed by atoms with Crippen molar-refractivity contribution in [1.82, 2.24) is 4.31 Å². The number of anilines is 2. The summed E-state index contributed by atoms with van der Waals surface area (Å²) in [5.74, 6) is -1.13. The van der Waals surface area contributed by atoms with Crippen LogP contribution in [0.2, 0.25) is 0 Å². The molecule has 1 aromatic carbocycles. The lowest BCUT2D eigenvalue weighted by Gasteiger charge is -2.18. The molecule has 1 amide bonds. The molecule has 0 unspecified atom stereocenters. The van der Waals surface area contributed by atoms with E-state index in [0.29, 0.717) is 24.5 Å². The molecule has 0 aliphatic heterocycles. The zero-order chi connectivity index (χ0) is 15.3. The Morgan fingerprint density at radius 2 is 1.86 bits per heavy atom. The van der Waals surface area contributed by atoms with E-state index in [-0.39, 0.29) is 12.4 Å². The number of nitrogens with one attached hydrogen (secondary N) is 1. The molecule has 6 nitrogen and oxygen atoms in total. The SMILES string of the molecule is CCN(CC)S(=O)(=O)CC(=O)Nc1cc(N)ccc1C.Cl. The van der Waals surface area contributed by atoms with Crippen LogP contribution >= 0.6 is 12.4 Å². The largest absolute Gasteiger partial charge is 0.399 e. The smallest absolute Gasteiger partial charge is 0.241 e.